The van der Waals surface area contributed by atoms with Gasteiger partial charge in [-0.3, -0.25) is 14.4 Å². The summed E-state index contributed by atoms with van der Waals surface area (Å²) in [4.78, 5) is 19.3. The topological polar surface area (TPSA) is 88.6 Å². The van der Waals surface area contributed by atoms with Crippen molar-refractivity contribution in [2.45, 2.75) is 31.6 Å². The molecule has 0 saturated carbocycles. The minimum absolute atomic E-state index is 0.0131. The second kappa shape index (κ2) is 8.39. The quantitative estimate of drug-likeness (QED) is 0.602. The highest BCUT2D eigenvalue weighted by atomic mass is 32.2. The molecule has 1 N–H and O–H groups in total. The molecule has 4 rings (SSSR count). The van der Waals surface area contributed by atoms with E-state index in [1.54, 1.807) is 35.4 Å². The maximum Gasteiger partial charge on any atom is 0.263 e. The predicted octanol–water partition coefficient (Wildman–Crippen LogP) is 4.74. The van der Waals surface area contributed by atoms with Gasteiger partial charge in [0.15, 0.2) is 11.6 Å². The lowest BCUT2D eigenvalue weighted by Crippen LogP contribution is -2.32. The number of amides is 1. The third-order valence-electron chi connectivity index (χ3n) is 5.09. The Morgan fingerprint density at radius 3 is 2.65 bits per heavy atom. The number of anilines is 2. The van der Waals surface area contributed by atoms with E-state index in [4.69, 9.17) is 4.74 Å². The fourth-order valence-corrected chi connectivity index (χ4v) is 4.53. The number of ether oxygens (including phenoxy) is 1. The van der Waals surface area contributed by atoms with Crippen LogP contribution in [0.5, 0.6) is 11.5 Å². The molecule has 2 heterocycles. The van der Waals surface area contributed by atoms with Crippen LogP contribution in [0.25, 0.3) is 0 Å². The smallest absolute Gasteiger partial charge is 0.263 e. The van der Waals surface area contributed by atoms with E-state index in [2.05, 4.69) is 9.71 Å². The fraction of sp³-hybridized carbons (Fsp3) is 0.217. The molecular formula is C23H23N3O4S. The summed E-state index contributed by atoms with van der Waals surface area (Å²) < 4.78 is 34.6. The van der Waals surface area contributed by atoms with Gasteiger partial charge in [-0.05, 0) is 55.3 Å². The number of hydrogen-bond acceptors (Lipinski definition) is 5. The molecule has 0 fully saturated rings. The predicted molar refractivity (Wildman–Crippen MR) is 119 cm³/mol. The van der Waals surface area contributed by atoms with E-state index in [-0.39, 0.29) is 16.4 Å². The molecule has 0 aliphatic carbocycles. The number of nitrogens with one attached hydrogen (secondary N) is 1. The van der Waals surface area contributed by atoms with Crippen molar-refractivity contribution in [3.8, 4) is 11.5 Å². The van der Waals surface area contributed by atoms with Crippen molar-refractivity contribution < 1.29 is 17.9 Å². The standard InChI is InChI=1S/C23H23N3O4S/c1-3-4-14-26-22-21(10-7-13-24-22)30-20-12-11-17(15-18(20)23(26)27)31(28,29)25-19-9-6-5-8-16(19)2/h5-13,15,25H,3-4,14H2,1-2H3. The Hall–Kier alpha value is -3.39. The Morgan fingerprint density at radius 1 is 1.06 bits per heavy atom. The van der Waals surface area contributed by atoms with E-state index in [0.29, 0.717) is 29.5 Å². The van der Waals surface area contributed by atoms with Crippen LogP contribution in [-0.4, -0.2) is 25.9 Å². The van der Waals surface area contributed by atoms with E-state index in [9.17, 15) is 13.2 Å². The van der Waals surface area contributed by atoms with Gasteiger partial charge in [-0.2, -0.15) is 0 Å². The van der Waals surface area contributed by atoms with E-state index in [1.807, 2.05) is 26.0 Å². The van der Waals surface area contributed by atoms with Crippen molar-refractivity contribution in [3.63, 3.8) is 0 Å². The van der Waals surface area contributed by atoms with Gasteiger partial charge in [0, 0.05) is 12.7 Å². The molecule has 160 valence electrons. The van der Waals surface area contributed by atoms with Gasteiger partial charge < -0.3 is 4.74 Å². The number of benzene rings is 2. The number of carbonyl (C=O) groups excluding carboxylic acids is 1. The number of unbranched alkanes of at least 4 members (excludes halogenated alkanes) is 1. The number of nitrogens with zero attached hydrogens (tertiary/aromatic N) is 2. The maximum atomic E-state index is 13.4. The van der Waals surface area contributed by atoms with Crippen molar-refractivity contribution in [1.29, 1.82) is 0 Å². The second-order valence-corrected chi connectivity index (χ2v) is 9.00. The Kier molecular flexibility index (Phi) is 5.65. The molecule has 2 aromatic carbocycles. The number of aryl methyl sites for hydroxylation is 1. The van der Waals surface area contributed by atoms with E-state index >= 15 is 0 Å². The van der Waals surface area contributed by atoms with Gasteiger partial charge in [-0.25, -0.2) is 13.4 Å². The highest BCUT2D eigenvalue weighted by Crippen LogP contribution is 2.38. The van der Waals surface area contributed by atoms with Crippen LogP contribution in [0, 0.1) is 6.92 Å². The number of sulfonamides is 1. The normalized spacial score (nSPS) is 13.1. The average molecular weight is 438 g/mol. The van der Waals surface area contributed by atoms with Crippen LogP contribution in [-0.2, 0) is 10.0 Å². The molecule has 0 radical (unpaired) electrons. The van der Waals surface area contributed by atoms with Gasteiger partial charge >= 0.3 is 0 Å². The summed E-state index contributed by atoms with van der Waals surface area (Å²) >= 11 is 0. The molecule has 0 saturated heterocycles. The molecule has 1 amide bonds. The zero-order chi connectivity index (χ0) is 22.0. The van der Waals surface area contributed by atoms with Crippen LogP contribution in [0.15, 0.2) is 65.7 Å². The molecule has 0 bridgehead atoms. The first-order valence-corrected chi connectivity index (χ1v) is 11.6. The lowest BCUT2D eigenvalue weighted by Gasteiger charge is -2.20. The van der Waals surface area contributed by atoms with E-state index in [1.165, 1.54) is 18.2 Å². The summed E-state index contributed by atoms with van der Waals surface area (Å²) in [5.41, 5.74) is 1.47. The lowest BCUT2D eigenvalue weighted by molar-refractivity contribution is 0.0986. The lowest BCUT2D eigenvalue weighted by atomic mass is 10.1. The summed E-state index contributed by atoms with van der Waals surface area (Å²) in [5.74, 6) is 0.848. The summed E-state index contributed by atoms with van der Waals surface area (Å²) in [7, 11) is -3.90. The number of aromatic nitrogens is 1. The van der Waals surface area contributed by atoms with Gasteiger partial charge in [-0.15, -0.1) is 0 Å². The molecule has 0 spiro atoms. The molecule has 31 heavy (non-hydrogen) atoms. The van der Waals surface area contributed by atoms with Crippen molar-refractivity contribution >= 4 is 27.4 Å². The number of fused-ring (bicyclic) bond motifs is 2. The van der Waals surface area contributed by atoms with Crippen molar-refractivity contribution in [1.82, 2.24) is 4.98 Å². The van der Waals surface area contributed by atoms with Crippen LogP contribution in [0.4, 0.5) is 11.5 Å². The van der Waals surface area contributed by atoms with Crippen molar-refractivity contribution in [3.05, 3.63) is 71.9 Å². The van der Waals surface area contributed by atoms with Crippen LogP contribution >= 0.6 is 0 Å². The molecule has 7 nitrogen and oxygen atoms in total. The molecule has 1 aliphatic rings. The molecule has 0 unspecified atom stereocenters. The number of rotatable bonds is 6. The van der Waals surface area contributed by atoms with Crippen LogP contribution in [0.2, 0.25) is 0 Å². The number of pyridine rings is 1. The first-order chi connectivity index (χ1) is 14.9. The third kappa shape index (κ3) is 4.11. The van der Waals surface area contributed by atoms with Gasteiger partial charge in [-0.1, -0.05) is 31.5 Å². The molecule has 1 aliphatic heterocycles. The van der Waals surface area contributed by atoms with E-state index in [0.717, 1.165) is 18.4 Å². The Labute approximate surface area is 181 Å². The SMILES string of the molecule is CCCCN1C(=O)c2cc(S(=O)(=O)Nc3ccccc3C)ccc2Oc2cccnc21. The van der Waals surface area contributed by atoms with Gasteiger partial charge in [0.25, 0.3) is 15.9 Å². The molecular weight excluding hydrogens is 414 g/mol. The summed E-state index contributed by atoms with van der Waals surface area (Å²) in [6.07, 6.45) is 3.28. The molecule has 1 aromatic heterocycles. The molecule has 8 heteroatoms. The van der Waals surface area contributed by atoms with E-state index < -0.39 is 10.0 Å². The summed E-state index contributed by atoms with van der Waals surface area (Å²) in [5, 5.41) is 0. The first-order valence-electron chi connectivity index (χ1n) is 10.1. The zero-order valence-electron chi connectivity index (χ0n) is 17.3. The Balaban J connectivity index is 1.75. The minimum atomic E-state index is -3.90. The molecule has 0 atom stereocenters. The number of carbonyl (C=O) groups is 1. The Morgan fingerprint density at radius 2 is 1.87 bits per heavy atom. The summed E-state index contributed by atoms with van der Waals surface area (Å²) in [6.45, 7) is 4.32. The van der Waals surface area contributed by atoms with Crippen molar-refractivity contribution in [2.24, 2.45) is 0 Å². The first kappa shape index (κ1) is 20.9. The fourth-order valence-electron chi connectivity index (χ4n) is 3.37. The van der Waals surface area contributed by atoms with Crippen LogP contribution in [0.1, 0.15) is 35.7 Å². The number of para-hydroxylation sites is 1. The minimum Gasteiger partial charge on any atom is -0.453 e. The van der Waals surface area contributed by atoms with Crippen LogP contribution in [0.3, 0.4) is 0 Å². The Bertz CT molecular complexity index is 1240. The monoisotopic (exact) mass is 437 g/mol. The largest absolute Gasteiger partial charge is 0.453 e. The molecule has 3 aromatic rings. The van der Waals surface area contributed by atoms with Gasteiger partial charge in [0.2, 0.25) is 0 Å². The highest BCUT2D eigenvalue weighted by Gasteiger charge is 2.30. The number of hydrogen-bond donors (Lipinski definition) is 1. The van der Waals surface area contributed by atoms with Gasteiger partial charge in [0.05, 0.1) is 16.1 Å². The average Bonchev–Trinajstić information content (AvgIpc) is 2.87. The summed E-state index contributed by atoms with van der Waals surface area (Å²) in [6, 6.07) is 14.9. The zero-order valence-corrected chi connectivity index (χ0v) is 18.1. The maximum absolute atomic E-state index is 13.4. The highest BCUT2D eigenvalue weighted by molar-refractivity contribution is 7.92. The van der Waals surface area contributed by atoms with Crippen molar-refractivity contribution in [2.75, 3.05) is 16.2 Å². The van der Waals surface area contributed by atoms with Gasteiger partial charge in [0.1, 0.15) is 5.75 Å². The van der Waals surface area contributed by atoms with Crippen LogP contribution < -0.4 is 14.4 Å². The second-order valence-electron chi connectivity index (χ2n) is 7.32. The third-order valence-corrected chi connectivity index (χ3v) is 6.45.